The molecule has 0 amide bonds. The molecule has 124 valence electrons. The average Bonchev–Trinajstić information content (AvgIpc) is 2.39. The molecule has 0 aliphatic carbocycles. The summed E-state index contributed by atoms with van der Waals surface area (Å²) < 4.78 is 77.2. The lowest BCUT2D eigenvalue weighted by Crippen LogP contribution is -2.33. The first-order valence-electron chi connectivity index (χ1n) is 7.07. The van der Waals surface area contributed by atoms with E-state index in [1.807, 2.05) is 0 Å². The van der Waals surface area contributed by atoms with Gasteiger partial charge >= 0.3 is 12.4 Å². The molecule has 0 bridgehead atoms. The topological polar surface area (TPSA) is 3.24 Å². The highest BCUT2D eigenvalue weighted by Gasteiger charge is 2.37. The zero-order valence-corrected chi connectivity index (χ0v) is 12.1. The van der Waals surface area contributed by atoms with Crippen LogP contribution in [-0.2, 0) is 18.9 Å². The van der Waals surface area contributed by atoms with E-state index in [9.17, 15) is 26.3 Å². The SMILES string of the molecule is CC1CCN(Cc2cc(C(F)(F)F)ccc2C(F)(F)F)CC1. The number of benzene rings is 1. The van der Waals surface area contributed by atoms with Crippen LogP contribution in [0.1, 0.15) is 36.5 Å². The second-order valence-corrected chi connectivity index (χ2v) is 5.83. The van der Waals surface area contributed by atoms with Crippen LogP contribution >= 0.6 is 0 Å². The van der Waals surface area contributed by atoms with Crippen molar-refractivity contribution in [2.75, 3.05) is 13.1 Å². The molecule has 7 heteroatoms. The lowest BCUT2D eigenvalue weighted by Gasteiger charge is -2.31. The van der Waals surface area contributed by atoms with E-state index in [2.05, 4.69) is 6.92 Å². The monoisotopic (exact) mass is 325 g/mol. The van der Waals surface area contributed by atoms with Gasteiger partial charge in [0.2, 0.25) is 0 Å². The third kappa shape index (κ3) is 4.15. The van der Waals surface area contributed by atoms with Crippen molar-refractivity contribution in [1.29, 1.82) is 0 Å². The van der Waals surface area contributed by atoms with Gasteiger partial charge in [0.1, 0.15) is 0 Å². The molecule has 1 heterocycles. The first-order chi connectivity index (χ1) is 10.1. The van der Waals surface area contributed by atoms with Crippen LogP contribution in [0.2, 0.25) is 0 Å². The zero-order valence-electron chi connectivity index (χ0n) is 12.1. The minimum atomic E-state index is -4.65. The maximum absolute atomic E-state index is 13.0. The summed E-state index contributed by atoms with van der Waals surface area (Å²) in [6.07, 6.45) is -7.60. The minimum absolute atomic E-state index is 0.106. The van der Waals surface area contributed by atoms with Crippen LogP contribution in [0, 0.1) is 5.92 Å². The Bertz CT molecular complexity index is 512. The van der Waals surface area contributed by atoms with E-state index >= 15 is 0 Å². The second-order valence-electron chi connectivity index (χ2n) is 5.83. The van der Waals surface area contributed by atoms with Gasteiger partial charge in [-0.05, 0) is 55.6 Å². The van der Waals surface area contributed by atoms with Crippen LogP contribution in [0.25, 0.3) is 0 Å². The van der Waals surface area contributed by atoms with Gasteiger partial charge in [-0.1, -0.05) is 6.92 Å². The highest BCUT2D eigenvalue weighted by atomic mass is 19.4. The van der Waals surface area contributed by atoms with Gasteiger partial charge in [-0.3, -0.25) is 4.90 Å². The molecule has 0 saturated carbocycles. The van der Waals surface area contributed by atoms with E-state index in [1.54, 1.807) is 4.90 Å². The molecular formula is C15H17F6N. The van der Waals surface area contributed by atoms with Crippen molar-refractivity contribution in [2.45, 2.75) is 38.7 Å². The summed E-state index contributed by atoms with van der Waals surface area (Å²) in [5.74, 6) is 0.500. The first kappa shape index (κ1) is 17.1. The molecule has 1 saturated heterocycles. The lowest BCUT2D eigenvalue weighted by atomic mass is 9.97. The molecule has 1 fully saturated rings. The van der Waals surface area contributed by atoms with E-state index in [0.717, 1.165) is 12.8 Å². The van der Waals surface area contributed by atoms with E-state index in [4.69, 9.17) is 0 Å². The Morgan fingerprint density at radius 3 is 2.09 bits per heavy atom. The molecule has 0 aromatic heterocycles. The maximum atomic E-state index is 13.0. The van der Waals surface area contributed by atoms with Crippen molar-refractivity contribution in [3.05, 3.63) is 34.9 Å². The predicted octanol–water partition coefficient (Wildman–Crippen LogP) is 4.96. The van der Waals surface area contributed by atoms with Crippen molar-refractivity contribution in [1.82, 2.24) is 4.90 Å². The summed E-state index contributed by atoms with van der Waals surface area (Å²) >= 11 is 0. The van der Waals surface area contributed by atoms with E-state index in [-0.39, 0.29) is 12.1 Å². The largest absolute Gasteiger partial charge is 0.416 e. The standard InChI is InChI=1S/C15H17F6N/c1-10-4-6-22(7-5-10)9-11-8-12(14(16,17)18)2-3-13(11)15(19,20)21/h2-3,8,10H,4-7,9H2,1H3. The third-order valence-corrected chi connectivity index (χ3v) is 4.01. The number of likely N-dealkylation sites (tertiary alicyclic amines) is 1. The summed E-state index contributed by atoms with van der Waals surface area (Å²) in [6, 6.07) is 1.65. The normalized spacial score (nSPS) is 18.7. The van der Waals surface area contributed by atoms with Gasteiger partial charge in [-0.25, -0.2) is 0 Å². The molecule has 1 aromatic rings. The van der Waals surface area contributed by atoms with E-state index in [0.29, 0.717) is 37.2 Å². The van der Waals surface area contributed by atoms with Gasteiger partial charge in [-0.2, -0.15) is 26.3 Å². The van der Waals surface area contributed by atoms with Crippen LogP contribution in [-0.4, -0.2) is 18.0 Å². The van der Waals surface area contributed by atoms with Crippen molar-refractivity contribution >= 4 is 0 Å². The van der Waals surface area contributed by atoms with E-state index < -0.39 is 23.5 Å². The maximum Gasteiger partial charge on any atom is 0.416 e. The van der Waals surface area contributed by atoms with E-state index in [1.165, 1.54) is 0 Å². The summed E-state index contributed by atoms with van der Waals surface area (Å²) in [5, 5.41) is 0. The molecule has 0 unspecified atom stereocenters. The Morgan fingerprint density at radius 2 is 1.59 bits per heavy atom. The minimum Gasteiger partial charge on any atom is -0.299 e. The number of hydrogen-bond acceptors (Lipinski definition) is 1. The molecule has 1 nitrogen and oxygen atoms in total. The van der Waals surface area contributed by atoms with Crippen LogP contribution in [0.4, 0.5) is 26.3 Å². The molecule has 0 atom stereocenters. The fraction of sp³-hybridized carbons (Fsp3) is 0.600. The molecule has 0 radical (unpaired) electrons. The van der Waals surface area contributed by atoms with Crippen LogP contribution in [0.3, 0.4) is 0 Å². The Kier molecular flexibility index (Phi) is 4.75. The van der Waals surface area contributed by atoms with Crippen molar-refractivity contribution in [3.63, 3.8) is 0 Å². The molecule has 0 N–H and O–H groups in total. The van der Waals surface area contributed by atoms with Crippen LogP contribution in [0.15, 0.2) is 18.2 Å². The number of hydrogen-bond donors (Lipinski definition) is 0. The number of alkyl halides is 6. The number of nitrogens with zero attached hydrogens (tertiary/aromatic N) is 1. The Hall–Kier alpha value is -1.24. The molecular weight excluding hydrogens is 308 g/mol. The quantitative estimate of drug-likeness (QED) is 0.695. The summed E-state index contributed by atoms with van der Waals surface area (Å²) in [4.78, 5) is 1.78. The Balaban J connectivity index is 2.29. The van der Waals surface area contributed by atoms with Crippen LogP contribution < -0.4 is 0 Å². The van der Waals surface area contributed by atoms with Gasteiger partial charge in [0, 0.05) is 6.54 Å². The predicted molar refractivity (Wildman–Crippen MR) is 70.1 cm³/mol. The van der Waals surface area contributed by atoms with Gasteiger partial charge in [0.25, 0.3) is 0 Å². The third-order valence-electron chi connectivity index (χ3n) is 4.01. The fourth-order valence-electron chi connectivity index (χ4n) is 2.64. The average molecular weight is 325 g/mol. The molecule has 0 spiro atoms. The van der Waals surface area contributed by atoms with Gasteiger partial charge in [-0.15, -0.1) is 0 Å². The number of halogens is 6. The second kappa shape index (κ2) is 6.10. The highest BCUT2D eigenvalue weighted by Crippen LogP contribution is 2.37. The highest BCUT2D eigenvalue weighted by molar-refractivity contribution is 5.35. The van der Waals surface area contributed by atoms with Gasteiger partial charge in [0.15, 0.2) is 0 Å². The molecule has 1 aromatic carbocycles. The smallest absolute Gasteiger partial charge is 0.299 e. The van der Waals surface area contributed by atoms with Gasteiger partial charge < -0.3 is 0 Å². The summed E-state index contributed by atoms with van der Waals surface area (Å²) in [6.45, 7) is 3.16. The van der Waals surface area contributed by atoms with Gasteiger partial charge in [0.05, 0.1) is 11.1 Å². The molecule has 2 rings (SSSR count). The van der Waals surface area contributed by atoms with Crippen molar-refractivity contribution in [2.24, 2.45) is 5.92 Å². The molecule has 22 heavy (non-hydrogen) atoms. The summed E-state index contributed by atoms with van der Waals surface area (Å²) in [5.41, 5.74) is -2.34. The number of rotatable bonds is 2. The zero-order chi connectivity index (χ0) is 16.5. The van der Waals surface area contributed by atoms with Crippen LogP contribution in [0.5, 0.6) is 0 Å². The summed E-state index contributed by atoms with van der Waals surface area (Å²) in [7, 11) is 0. The molecule has 1 aliphatic heterocycles. The van der Waals surface area contributed by atoms with Crippen molar-refractivity contribution in [3.8, 4) is 0 Å². The Labute approximate surface area is 124 Å². The fourth-order valence-corrected chi connectivity index (χ4v) is 2.64. The number of piperidine rings is 1. The lowest BCUT2D eigenvalue weighted by molar-refractivity contribution is -0.142. The van der Waals surface area contributed by atoms with Crippen molar-refractivity contribution < 1.29 is 26.3 Å². The first-order valence-corrected chi connectivity index (χ1v) is 7.07. The molecule has 1 aliphatic rings. The Morgan fingerprint density at radius 1 is 1.00 bits per heavy atom.